The minimum atomic E-state index is 0.370. The standard InChI is InChI=1S/C17H25ClN2/c1-20(2)17(9-3-4-10-17)12-19-16-8-5-13-11-14(18)6-7-15(13)16/h6-7,11,16,19H,3-5,8-10,12H2,1-2H3. The molecule has 1 saturated carbocycles. The zero-order chi connectivity index (χ0) is 14.2. The summed E-state index contributed by atoms with van der Waals surface area (Å²) >= 11 is 6.09. The van der Waals surface area contributed by atoms with E-state index < -0.39 is 0 Å². The molecule has 0 radical (unpaired) electrons. The Morgan fingerprint density at radius 3 is 2.75 bits per heavy atom. The summed E-state index contributed by atoms with van der Waals surface area (Å²) in [5, 5.41) is 4.70. The summed E-state index contributed by atoms with van der Waals surface area (Å²) in [5.41, 5.74) is 3.26. The van der Waals surface area contributed by atoms with Crippen molar-refractivity contribution in [3.05, 3.63) is 34.3 Å². The highest BCUT2D eigenvalue weighted by molar-refractivity contribution is 6.30. The second-order valence-corrected chi connectivity index (χ2v) is 7.08. The molecule has 0 aliphatic heterocycles. The molecule has 3 heteroatoms. The fourth-order valence-corrected chi connectivity index (χ4v) is 4.12. The maximum absolute atomic E-state index is 6.09. The van der Waals surface area contributed by atoms with Crippen LogP contribution in [0.1, 0.15) is 49.3 Å². The highest BCUT2D eigenvalue weighted by Gasteiger charge is 2.36. The van der Waals surface area contributed by atoms with E-state index in [0.717, 1.165) is 18.0 Å². The maximum Gasteiger partial charge on any atom is 0.0408 e. The number of nitrogens with zero attached hydrogens (tertiary/aromatic N) is 1. The highest BCUT2D eigenvalue weighted by Crippen LogP contribution is 2.36. The number of fused-ring (bicyclic) bond motifs is 1. The Labute approximate surface area is 127 Å². The summed E-state index contributed by atoms with van der Waals surface area (Å²) in [6, 6.07) is 6.88. The lowest BCUT2D eigenvalue weighted by Crippen LogP contribution is -2.50. The van der Waals surface area contributed by atoms with Crippen LogP contribution in [0.15, 0.2) is 18.2 Å². The van der Waals surface area contributed by atoms with Crippen molar-refractivity contribution in [2.75, 3.05) is 20.6 Å². The SMILES string of the molecule is CN(C)C1(CNC2CCc3cc(Cl)ccc32)CCCC1. The smallest absolute Gasteiger partial charge is 0.0408 e. The Morgan fingerprint density at radius 1 is 1.30 bits per heavy atom. The number of nitrogens with one attached hydrogen (secondary N) is 1. The third-order valence-electron chi connectivity index (χ3n) is 5.34. The Morgan fingerprint density at radius 2 is 2.05 bits per heavy atom. The minimum absolute atomic E-state index is 0.370. The third-order valence-corrected chi connectivity index (χ3v) is 5.58. The molecule has 20 heavy (non-hydrogen) atoms. The van der Waals surface area contributed by atoms with Gasteiger partial charge in [-0.05, 0) is 63.0 Å². The van der Waals surface area contributed by atoms with Crippen LogP contribution in [0.25, 0.3) is 0 Å². The summed E-state index contributed by atoms with van der Waals surface area (Å²) in [6.07, 6.45) is 7.76. The molecule has 0 aromatic heterocycles. The van der Waals surface area contributed by atoms with E-state index >= 15 is 0 Å². The van der Waals surface area contributed by atoms with E-state index in [1.807, 2.05) is 6.07 Å². The van der Waals surface area contributed by atoms with Gasteiger partial charge in [0, 0.05) is 23.1 Å². The molecule has 110 valence electrons. The number of halogens is 1. The van der Waals surface area contributed by atoms with Gasteiger partial charge < -0.3 is 10.2 Å². The summed E-state index contributed by atoms with van der Waals surface area (Å²) in [5.74, 6) is 0. The van der Waals surface area contributed by atoms with Crippen LogP contribution in [0.2, 0.25) is 5.02 Å². The Balaban J connectivity index is 1.68. The van der Waals surface area contributed by atoms with Crippen molar-refractivity contribution in [2.24, 2.45) is 0 Å². The first-order chi connectivity index (χ1) is 9.61. The normalized spacial score (nSPS) is 24.3. The zero-order valence-corrected chi connectivity index (χ0v) is 13.3. The first-order valence-electron chi connectivity index (χ1n) is 7.80. The van der Waals surface area contributed by atoms with Gasteiger partial charge in [0.05, 0.1) is 0 Å². The van der Waals surface area contributed by atoms with Crippen molar-refractivity contribution < 1.29 is 0 Å². The van der Waals surface area contributed by atoms with Crippen LogP contribution in [-0.4, -0.2) is 31.1 Å². The van der Waals surface area contributed by atoms with Crippen LogP contribution >= 0.6 is 11.6 Å². The van der Waals surface area contributed by atoms with Crippen molar-refractivity contribution in [2.45, 2.75) is 50.1 Å². The van der Waals surface area contributed by atoms with E-state index in [4.69, 9.17) is 11.6 Å². The Hall–Kier alpha value is -0.570. The summed E-state index contributed by atoms with van der Waals surface area (Å²) < 4.78 is 0. The van der Waals surface area contributed by atoms with E-state index in [1.54, 1.807) is 0 Å². The molecule has 0 saturated heterocycles. The number of likely N-dealkylation sites (N-methyl/N-ethyl adjacent to an activating group) is 1. The number of rotatable bonds is 4. The Kier molecular flexibility index (Phi) is 4.07. The van der Waals surface area contributed by atoms with Gasteiger partial charge in [-0.25, -0.2) is 0 Å². The molecule has 2 aliphatic carbocycles. The first kappa shape index (κ1) is 14.4. The van der Waals surface area contributed by atoms with Crippen molar-refractivity contribution in [3.63, 3.8) is 0 Å². The van der Waals surface area contributed by atoms with E-state index in [-0.39, 0.29) is 0 Å². The van der Waals surface area contributed by atoms with Gasteiger partial charge in [0.25, 0.3) is 0 Å². The molecule has 2 nitrogen and oxygen atoms in total. The molecule has 2 aliphatic rings. The second kappa shape index (κ2) is 5.67. The van der Waals surface area contributed by atoms with Gasteiger partial charge in [-0.2, -0.15) is 0 Å². The van der Waals surface area contributed by atoms with E-state index in [0.29, 0.717) is 11.6 Å². The molecule has 1 atom stereocenters. The highest BCUT2D eigenvalue weighted by atomic mass is 35.5. The minimum Gasteiger partial charge on any atom is -0.308 e. The van der Waals surface area contributed by atoms with E-state index in [9.17, 15) is 0 Å². The molecule has 1 N–H and O–H groups in total. The van der Waals surface area contributed by atoms with Gasteiger partial charge >= 0.3 is 0 Å². The molecular formula is C17H25ClN2. The first-order valence-corrected chi connectivity index (χ1v) is 8.18. The molecule has 0 spiro atoms. The van der Waals surface area contributed by atoms with E-state index in [1.165, 1.54) is 43.2 Å². The van der Waals surface area contributed by atoms with Crippen LogP contribution in [0.3, 0.4) is 0 Å². The zero-order valence-electron chi connectivity index (χ0n) is 12.6. The van der Waals surface area contributed by atoms with E-state index in [2.05, 4.69) is 36.4 Å². The van der Waals surface area contributed by atoms with Crippen molar-refractivity contribution in [1.82, 2.24) is 10.2 Å². The molecule has 3 rings (SSSR count). The van der Waals surface area contributed by atoms with Crippen molar-refractivity contribution >= 4 is 11.6 Å². The van der Waals surface area contributed by atoms with Gasteiger partial charge in [0.15, 0.2) is 0 Å². The maximum atomic E-state index is 6.09. The molecule has 1 aromatic carbocycles. The number of hydrogen-bond acceptors (Lipinski definition) is 2. The lowest BCUT2D eigenvalue weighted by molar-refractivity contribution is 0.149. The molecule has 1 unspecified atom stereocenters. The average Bonchev–Trinajstić information content (AvgIpc) is 3.03. The fourth-order valence-electron chi connectivity index (χ4n) is 3.93. The van der Waals surface area contributed by atoms with Crippen LogP contribution in [0.5, 0.6) is 0 Å². The molecule has 0 amide bonds. The molecule has 1 aromatic rings. The van der Waals surface area contributed by atoms with Crippen LogP contribution < -0.4 is 5.32 Å². The fraction of sp³-hybridized carbons (Fsp3) is 0.647. The lowest BCUT2D eigenvalue weighted by Gasteiger charge is -2.37. The van der Waals surface area contributed by atoms with Gasteiger partial charge in [0.1, 0.15) is 0 Å². The van der Waals surface area contributed by atoms with Crippen molar-refractivity contribution in [3.8, 4) is 0 Å². The number of aryl methyl sites for hydroxylation is 1. The van der Waals surface area contributed by atoms with Gasteiger partial charge in [0.2, 0.25) is 0 Å². The van der Waals surface area contributed by atoms with Crippen LogP contribution in [0, 0.1) is 0 Å². The Bertz CT molecular complexity index is 478. The summed E-state index contributed by atoms with van der Waals surface area (Å²) in [6.45, 7) is 1.10. The molecule has 0 bridgehead atoms. The van der Waals surface area contributed by atoms with Crippen LogP contribution in [-0.2, 0) is 6.42 Å². The number of benzene rings is 1. The molecule has 0 heterocycles. The van der Waals surface area contributed by atoms with Gasteiger partial charge in [-0.3, -0.25) is 0 Å². The van der Waals surface area contributed by atoms with Crippen molar-refractivity contribution in [1.29, 1.82) is 0 Å². The molecule has 1 fully saturated rings. The third kappa shape index (κ3) is 2.61. The second-order valence-electron chi connectivity index (χ2n) is 6.64. The quantitative estimate of drug-likeness (QED) is 0.908. The summed E-state index contributed by atoms with van der Waals surface area (Å²) in [7, 11) is 4.46. The molecular weight excluding hydrogens is 268 g/mol. The van der Waals surface area contributed by atoms with Crippen LogP contribution in [0.4, 0.5) is 0 Å². The largest absolute Gasteiger partial charge is 0.308 e. The van der Waals surface area contributed by atoms with Gasteiger partial charge in [-0.1, -0.05) is 30.5 Å². The average molecular weight is 293 g/mol. The summed E-state index contributed by atoms with van der Waals surface area (Å²) in [4.78, 5) is 2.44. The van der Waals surface area contributed by atoms with Gasteiger partial charge in [-0.15, -0.1) is 0 Å². The predicted molar refractivity (Wildman–Crippen MR) is 85.4 cm³/mol. The predicted octanol–water partition coefficient (Wildman–Crippen LogP) is 3.79. The lowest BCUT2D eigenvalue weighted by atomic mass is 9.95. The number of hydrogen-bond donors (Lipinski definition) is 1. The monoisotopic (exact) mass is 292 g/mol. The topological polar surface area (TPSA) is 15.3 Å².